The summed E-state index contributed by atoms with van der Waals surface area (Å²) in [5.74, 6) is -1.96. The summed E-state index contributed by atoms with van der Waals surface area (Å²) in [6.07, 6.45) is 2.85. The lowest BCUT2D eigenvalue weighted by molar-refractivity contribution is -0.214. The average molecular weight is 635 g/mol. The molecule has 0 spiro atoms. The number of β-lactam (4-membered cyclic amide) rings is 1. The maximum Gasteiger partial charge on any atom is 0.326 e. The first-order valence-electron chi connectivity index (χ1n) is 15.5. The smallest absolute Gasteiger partial charge is 0.326 e. The van der Waals surface area contributed by atoms with Gasteiger partial charge >= 0.3 is 5.97 Å². The fourth-order valence-corrected chi connectivity index (χ4v) is 6.44. The largest absolute Gasteiger partial charge is 0.494 e. The van der Waals surface area contributed by atoms with Crippen LogP contribution in [0.1, 0.15) is 42.9 Å². The number of carboxylic acids is 1. The molecule has 0 bridgehead atoms. The number of carbonyl (C=O) groups is 3. The van der Waals surface area contributed by atoms with Crippen molar-refractivity contribution in [2.24, 2.45) is 5.92 Å². The first kappa shape index (κ1) is 31.6. The quantitative estimate of drug-likeness (QED) is 0.266. The van der Waals surface area contributed by atoms with E-state index in [0.29, 0.717) is 63.3 Å². The molecule has 2 amide bonds. The van der Waals surface area contributed by atoms with Crippen molar-refractivity contribution in [3.8, 4) is 5.75 Å². The molecule has 1 unspecified atom stereocenters. The molecule has 3 aromatic rings. The molecular formula is C35H36F2N2O7. The Morgan fingerprint density at radius 3 is 2.26 bits per heavy atom. The number of likely N-dealkylation sites (tertiary alicyclic amines) is 1. The van der Waals surface area contributed by atoms with E-state index in [4.69, 9.17) is 14.2 Å². The third kappa shape index (κ3) is 6.75. The molecule has 3 heterocycles. The number of aryl methyl sites for hydroxylation is 1. The van der Waals surface area contributed by atoms with Gasteiger partial charge in [0, 0.05) is 12.2 Å². The van der Waals surface area contributed by atoms with Crippen LogP contribution in [0.15, 0.2) is 72.8 Å². The molecule has 46 heavy (non-hydrogen) atoms. The van der Waals surface area contributed by atoms with Crippen LogP contribution < -0.4 is 9.64 Å². The Labute approximate surface area is 265 Å². The second-order valence-corrected chi connectivity index (χ2v) is 12.1. The zero-order valence-corrected chi connectivity index (χ0v) is 25.3. The molecule has 0 aliphatic carbocycles. The van der Waals surface area contributed by atoms with Crippen LogP contribution in [0.4, 0.5) is 14.5 Å². The fourth-order valence-electron chi connectivity index (χ4n) is 6.44. The SMILES string of the molecule is O=C(O)C1CCCN1C(=O)COC1(CCc2ccc([C@@H]3[C@@H](CCOc4ccc(F)cc4)C(=O)N3c3ccc(F)cc3)cc2)COC1. The first-order valence-corrected chi connectivity index (χ1v) is 15.5. The lowest BCUT2D eigenvalue weighted by Crippen LogP contribution is -2.55. The van der Waals surface area contributed by atoms with Crippen molar-refractivity contribution < 1.29 is 42.5 Å². The molecule has 6 rings (SSSR count). The van der Waals surface area contributed by atoms with Crippen LogP contribution in [0.5, 0.6) is 5.75 Å². The minimum atomic E-state index is -0.993. The number of hydrogen-bond acceptors (Lipinski definition) is 6. The van der Waals surface area contributed by atoms with Crippen LogP contribution in [0, 0.1) is 17.6 Å². The van der Waals surface area contributed by atoms with Gasteiger partial charge in [-0.3, -0.25) is 9.59 Å². The van der Waals surface area contributed by atoms with Crippen molar-refractivity contribution >= 4 is 23.5 Å². The summed E-state index contributed by atoms with van der Waals surface area (Å²) in [4.78, 5) is 40.6. The number of aliphatic carboxylic acids is 1. The highest BCUT2D eigenvalue weighted by atomic mass is 19.1. The van der Waals surface area contributed by atoms with E-state index in [0.717, 1.165) is 11.1 Å². The summed E-state index contributed by atoms with van der Waals surface area (Å²) in [5.41, 5.74) is 1.98. The average Bonchev–Trinajstić information content (AvgIpc) is 3.54. The number of ether oxygens (including phenoxy) is 3. The third-order valence-electron chi connectivity index (χ3n) is 9.11. The van der Waals surface area contributed by atoms with Gasteiger partial charge in [0.25, 0.3) is 0 Å². The molecule has 1 N–H and O–H groups in total. The second kappa shape index (κ2) is 13.6. The van der Waals surface area contributed by atoms with Gasteiger partial charge in [0.05, 0.1) is 31.8 Å². The molecule has 242 valence electrons. The Hall–Kier alpha value is -4.35. The number of amides is 2. The van der Waals surface area contributed by atoms with Crippen molar-refractivity contribution in [1.29, 1.82) is 0 Å². The van der Waals surface area contributed by atoms with Crippen LogP contribution in [-0.2, 0) is 30.3 Å². The summed E-state index contributed by atoms with van der Waals surface area (Å²) in [6, 6.07) is 18.5. The van der Waals surface area contributed by atoms with E-state index in [9.17, 15) is 28.3 Å². The zero-order valence-electron chi connectivity index (χ0n) is 25.3. The standard InChI is InChI=1S/C35H36F2N2O7/c36-25-7-11-27(12-8-25)39-32(29(33(39)41)16-19-45-28-13-9-26(37)10-14-28)24-5-3-23(4-6-24)15-17-35(21-44-22-35)46-20-31(40)38-18-1-2-30(38)34(42)43/h3-14,29-30,32H,1-2,15-22H2,(H,42,43)/t29-,30?,32-/m1/s1. The highest BCUT2D eigenvalue weighted by Gasteiger charge is 2.48. The topological polar surface area (TPSA) is 106 Å². The maximum atomic E-state index is 13.7. The summed E-state index contributed by atoms with van der Waals surface area (Å²) in [7, 11) is 0. The van der Waals surface area contributed by atoms with Gasteiger partial charge < -0.3 is 29.1 Å². The van der Waals surface area contributed by atoms with Crippen LogP contribution in [0.25, 0.3) is 0 Å². The number of benzene rings is 3. The van der Waals surface area contributed by atoms with E-state index in [1.165, 1.54) is 29.2 Å². The molecule has 3 aromatic carbocycles. The zero-order chi connectivity index (χ0) is 32.3. The molecule has 3 aliphatic heterocycles. The van der Waals surface area contributed by atoms with Gasteiger partial charge in [0.1, 0.15) is 35.6 Å². The maximum absolute atomic E-state index is 13.7. The van der Waals surface area contributed by atoms with E-state index in [-0.39, 0.29) is 48.6 Å². The molecule has 0 aromatic heterocycles. The second-order valence-electron chi connectivity index (χ2n) is 12.1. The number of halogens is 2. The minimum absolute atomic E-state index is 0.0781. The fraction of sp³-hybridized carbons (Fsp3) is 0.400. The molecule has 0 saturated carbocycles. The number of anilines is 1. The van der Waals surface area contributed by atoms with Gasteiger partial charge in [-0.1, -0.05) is 24.3 Å². The minimum Gasteiger partial charge on any atom is -0.494 e. The Morgan fingerprint density at radius 2 is 1.63 bits per heavy atom. The predicted molar refractivity (Wildman–Crippen MR) is 163 cm³/mol. The van der Waals surface area contributed by atoms with E-state index < -0.39 is 17.6 Å². The first-order chi connectivity index (χ1) is 22.2. The normalized spacial score (nSPS) is 21.9. The number of nitrogens with zero attached hydrogens (tertiary/aromatic N) is 2. The van der Waals surface area contributed by atoms with Crippen molar-refractivity contribution in [2.75, 3.05) is 37.9 Å². The van der Waals surface area contributed by atoms with Crippen LogP contribution in [0.3, 0.4) is 0 Å². The lowest BCUT2D eigenvalue weighted by atomic mass is 9.79. The summed E-state index contributed by atoms with van der Waals surface area (Å²) in [5, 5.41) is 9.40. The van der Waals surface area contributed by atoms with Crippen molar-refractivity contribution in [3.63, 3.8) is 0 Å². The molecule has 9 nitrogen and oxygen atoms in total. The van der Waals surface area contributed by atoms with E-state index >= 15 is 0 Å². The van der Waals surface area contributed by atoms with Gasteiger partial charge in [-0.2, -0.15) is 0 Å². The molecule has 3 aliphatic rings. The highest BCUT2D eigenvalue weighted by Crippen LogP contribution is 2.45. The van der Waals surface area contributed by atoms with Gasteiger partial charge in [-0.25, -0.2) is 13.6 Å². The van der Waals surface area contributed by atoms with Gasteiger partial charge in [0.2, 0.25) is 11.8 Å². The summed E-state index contributed by atoms with van der Waals surface area (Å²) in [6.45, 7) is 1.23. The molecule has 0 radical (unpaired) electrons. The molecule has 3 saturated heterocycles. The Bertz CT molecular complexity index is 1540. The number of rotatable bonds is 13. The van der Waals surface area contributed by atoms with Crippen LogP contribution >= 0.6 is 0 Å². The molecular weight excluding hydrogens is 598 g/mol. The van der Waals surface area contributed by atoms with E-state index in [1.54, 1.807) is 29.2 Å². The summed E-state index contributed by atoms with van der Waals surface area (Å²) < 4.78 is 44.2. The van der Waals surface area contributed by atoms with Gasteiger partial charge in [0.15, 0.2) is 0 Å². The van der Waals surface area contributed by atoms with E-state index in [1.807, 2.05) is 24.3 Å². The monoisotopic (exact) mass is 634 g/mol. The molecule has 3 atom stereocenters. The molecule has 11 heteroatoms. The Balaban J connectivity index is 1.09. The van der Waals surface area contributed by atoms with Crippen LogP contribution in [0.2, 0.25) is 0 Å². The van der Waals surface area contributed by atoms with Crippen LogP contribution in [-0.4, -0.2) is 72.4 Å². The highest BCUT2D eigenvalue weighted by molar-refractivity contribution is 6.03. The lowest BCUT2D eigenvalue weighted by Gasteiger charge is -2.47. The van der Waals surface area contributed by atoms with Crippen molar-refractivity contribution in [2.45, 2.75) is 49.8 Å². The molecule has 3 fully saturated rings. The van der Waals surface area contributed by atoms with Crippen molar-refractivity contribution in [3.05, 3.63) is 95.6 Å². The third-order valence-corrected chi connectivity index (χ3v) is 9.11. The van der Waals surface area contributed by atoms with Gasteiger partial charge in [-0.15, -0.1) is 0 Å². The summed E-state index contributed by atoms with van der Waals surface area (Å²) >= 11 is 0. The van der Waals surface area contributed by atoms with Crippen molar-refractivity contribution in [1.82, 2.24) is 4.90 Å². The number of carboxylic acid groups (broad SMARTS) is 1. The van der Waals surface area contributed by atoms with Gasteiger partial charge in [-0.05, 0) is 91.8 Å². The Kier molecular flexibility index (Phi) is 9.32. The Morgan fingerprint density at radius 1 is 0.957 bits per heavy atom. The predicted octanol–water partition coefficient (Wildman–Crippen LogP) is 4.93. The number of carbonyl (C=O) groups excluding carboxylic acids is 2. The van der Waals surface area contributed by atoms with E-state index in [2.05, 4.69) is 0 Å². The number of hydrogen-bond donors (Lipinski definition) is 1.